The van der Waals surface area contributed by atoms with Gasteiger partial charge >= 0.3 is 0 Å². The molecule has 0 fully saturated rings. The summed E-state index contributed by atoms with van der Waals surface area (Å²) in [5.74, 6) is 1.55. The zero-order valence-electron chi connectivity index (χ0n) is 13.7. The average Bonchev–Trinajstić information content (AvgIpc) is 2.57. The summed E-state index contributed by atoms with van der Waals surface area (Å²) in [5, 5.41) is 6.19. The second kappa shape index (κ2) is 8.96. The summed E-state index contributed by atoms with van der Waals surface area (Å²) in [7, 11) is 0. The lowest BCUT2D eigenvalue weighted by Crippen LogP contribution is -2.28. The van der Waals surface area contributed by atoms with Crippen molar-refractivity contribution in [2.45, 2.75) is 32.7 Å². The highest BCUT2D eigenvalue weighted by Crippen LogP contribution is 2.22. The Kier molecular flexibility index (Phi) is 6.63. The number of carbonyl (C=O) groups excluding carboxylic acids is 1. The van der Waals surface area contributed by atoms with Crippen LogP contribution in [0.1, 0.15) is 26.7 Å². The largest absolute Gasteiger partial charge is 0.457 e. The summed E-state index contributed by atoms with van der Waals surface area (Å²) >= 11 is 0. The van der Waals surface area contributed by atoms with Gasteiger partial charge in [-0.05, 0) is 49.7 Å². The molecule has 0 aliphatic carbocycles. The van der Waals surface area contributed by atoms with Crippen molar-refractivity contribution in [2.75, 3.05) is 11.9 Å². The van der Waals surface area contributed by atoms with E-state index in [9.17, 15) is 4.79 Å². The van der Waals surface area contributed by atoms with Gasteiger partial charge in [0.15, 0.2) is 0 Å². The Morgan fingerprint density at radius 1 is 1.04 bits per heavy atom. The summed E-state index contributed by atoms with van der Waals surface area (Å²) in [5.41, 5.74) is 0.777. The SMILES string of the molecule is CCC(C)NCCC(=O)Nc1ccc(Oc2ccccc2)cc1. The smallest absolute Gasteiger partial charge is 0.225 e. The third-order valence-corrected chi connectivity index (χ3v) is 3.57. The van der Waals surface area contributed by atoms with Gasteiger partial charge in [0.2, 0.25) is 5.91 Å². The molecule has 23 heavy (non-hydrogen) atoms. The van der Waals surface area contributed by atoms with E-state index in [0.717, 1.165) is 23.6 Å². The van der Waals surface area contributed by atoms with E-state index < -0.39 is 0 Å². The van der Waals surface area contributed by atoms with Crippen molar-refractivity contribution in [2.24, 2.45) is 0 Å². The molecule has 2 aromatic rings. The monoisotopic (exact) mass is 312 g/mol. The molecule has 4 nitrogen and oxygen atoms in total. The molecule has 2 N–H and O–H groups in total. The number of benzene rings is 2. The minimum absolute atomic E-state index is 0.0116. The molecule has 0 bridgehead atoms. The Labute approximate surface area is 137 Å². The van der Waals surface area contributed by atoms with Crippen LogP contribution in [0.3, 0.4) is 0 Å². The molecule has 0 aliphatic heterocycles. The maximum atomic E-state index is 11.9. The molecule has 0 aliphatic rings. The Bertz CT molecular complexity index is 597. The number of nitrogens with one attached hydrogen (secondary N) is 2. The van der Waals surface area contributed by atoms with Crippen molar-refractivity contribution in [3.05, 3.63) is 54.6 Å². The quantitative estimate of drug-likeness (QED) is 0.768. The van der Waals surface area contributed by atoms with E-state index in [1.807, 2.05) is 54.6 Å². The van der Waals surface area contributed by atoms with Crippen LogP contribution in [0.4, 0.5) is 5.69 Å². The summed E-state index contributed by atoms with van der Waals surface area (Å²) in [6.45, 7) is 4.93. The first-order valence-electron chi connectivity index (χ1n) is 8.03. The van der Waals surface area contributed by atoms with Crippen molar-refractivity contribution in [3.63, 3.8) is 0 Å². The highest BCUT2D eigenvalue weighted by Gasteiger charge is 2.04. The van der Waals surface area contributed by atoms with Crippen LogP contribution in [0, 0.1) is 0 Å². The molecule has 2 aromatic carbocycles. The molecule has 0 radical (unpaired) electrons. The van der Waals surface area contributed by atoms with Gasteiger partial charge in [-0.1, -0.05) is 25.1 Å². The van der Waals surface area contributed by atoms with E-state index in [0.29, 0.717) is 19.0 Å². The minimum atomic E-state index is 0.0116. The number of rotatable bonds is 8. The molecule has 0 saturated carbocycles. The first kappa shape index (κ1) is 17.0. The average molecular weight is 312 g/mol. The van der Waals surface area contributed by atoms with Gasteiger partial charge in [0, 0.05) is 24.7 Å². The van der Waals surface area contributed by atoms with Crippen LogP contribution in [-0.4, -0.2) is 18.5 Å². The molecular weight excluding hydrogens is 288 g/mol. The van der Waals surface area contributed by atoms with Crippen LogP contribution < -0.4 is 15.4 Å². The van der Waals surface area contributed by atoms with E-state index in [-0.39, 0.29) is 5.91 Å². The van der Waals surface area contributed by atoms with E-state index >= 15 is 0 Å². The Morgan fingerprint density at radius 2 is 1.70 bits per heavy atom. The number of hydrogen-bond donors (Lipinski definition) is 2. The molecule has 4 heteroatoms. The number of amides is 1. The van der Waals surface area contributed by atoms with Gasteiger partial charge in [-0.3, -0.25) is 4.79 Å². The fourth-order valence-electron chi connectivity index (χ4n) is 2.03. The van der Waals surface area contributed by atoms with Crippen LogP contribution >= 0.6 is 0 Å². The van der Waals surface area contributed by atoms with E-state index in [1.54, 1.807) is 0 Å². The molecule has 122 valence electrons. The summed E-state index contributed by atoms with van der Waals surface area (Å²) in [6.07, 6.45) is 1.52. The molecule has 0 heterocycles. The first-order chi connectivity index (χ1) is 11.2. The fraction of sp³-hybridized carbons (Fsp3) is 0.316. The number of carbonyl (C=O) groups is 1. The van der Waals surface area contributed by atoms with Gasteiger partial charge in [-0.2, -0.15) is 0 Å². The standard InChI is InChI=1S/C19H24N2O2/c1-3-15(2)20-14-13-19(22)21-16-9-11-18(12-10-16)23-17-7-5-4-6-8-17/h4-12,15,20H,3,13-14H2,1-2H3,(H,21,22). The van der Waals surface area contributed by atoms with Crippen molar-refractivity contribution < 1.29 is 9.53 Å². The third kappa shape index (κ3) is 6.12. The Hall–Kier alpha value is -2.33. The van der Waals surface area contributed by atoms with Crippen molar-refractivity contribution >= 4 is 11.6 Å². The van der Waals surface area contributed by atoms with Gasteiger partial charge < -0.3 is 15.4 Å². The fourth-order valence-corrected chi connectivity index (χ4v) is 2.03. The van der Waals surface area contributed by atoms with Crippen LogP contribution in [0.15, 0.2) is 54.6 Å². The maximum Gasteiger partial charge on any atom is 0.225 e. The molecule has 0 aromatic heterocycles. The zero-order valence-corrected chi connectivity index (χ0v) is 13.7. The van der Waals surface area contributed by atoms with Crippen LogP contribution in [0.5, 0.6) is 11.5 Å². The highest BCUT2D eigenvalue weighted by molar-refractivity contribution is 5.90. The number of ether oxygens (including phenoxy) is 1. The molecule has 0 spiro atoms. The topological polar surface area (TPSA) is 50.4 Å². The van der Waals surface area contributed by atoms with Gasteiger partial charge in [-0.15, -0.1) is 0 Å². The second-order valence-corrected chi connectivity index (χ2v) is 5.50. The van der Waals surface area contributed by atoms with E-state index in [4.69, 9.17) is 4.74 Å². The van der Waals surface area contributed by atoms with Crippen molar-refractivity contribution in [1.29, 1.82) is 0 Å². The lowest BCUT2D eigenvalue weighted by Gasteiger charge is -2.11. The van der Waals surface area contributed by atoms with Gasteiger partial charge in [0.05, 0.1) is 0 Å². The van der Waals surface area contributed by atoms with E-state index in [2.05, 4.69) is 24.5 Å². The second-order valence-electron chi connectivity index (χ2n) is 5.50. The number of anilines is 1. The molecule has 2 rings (SSSR count). The van der Waals surface area contributed by atoms with Gasteiger partial charge in [-0.25, -0.2) is 0 Å². The zero-order chi connectivity index (χ0) is 16.5. The highest BCUT2D eigenvalue weighted by atomic mass is 16.5. The van der Waals surface area contributed by atoms with Crippen molar-refractivity contribution in [1.82, 2.24) is 5.32 Å². The maximum absolute atomic E-state index is 11.9. The lowest BCUT2D eigenvalue weighted by molar-refractivity contribution is -0.116. The molecular formula is C19H24N2O2. The normalized spacial score (nSPS) is 11.7. The summed E-state index contributed by atoms with van der Waals surface area (Å²) in [6, 6.07) is 17.4. The first-order valence-corrected chi connectivity index (χ1v) is 8.03. The molecule has 1 amide bonds. The van der Waals surface area contributed by atoms with E-state index in [1.165, 1.54) is 0 Å². The number of hydrogen-bond acceptors (Lipinski definition) is 3. The Morgan fingerprint density at radius 3 is 2.35 bits per heavy atom. The lowest BCUT2D eigenvalue weighted by atomic mass is 10.2. The van der Waals surface area contributed by atoms with Crippen molar-refractivity contribution in [3.8, 4) is 11.5 Å². The van der Waals surface area contributed by atoms with Gasteiger partial charge in [0.1, 0.15) is 11.5 Å². The molecule has 0 saturated heterocycles. The molecule has 1 atom stereocenters. The summed E-state index contributed by atoms with van der Waals surface area (Å²) in [4.78, 5) is 11.9. The van der Waals surface area contributed by atoms with Crippen LogP contribution in [0.25, 0.3) is 0 Å². The predicted octanol–water partition coefficient (Wildman–Crippen LogP) is 4.20. The van der Waals surface area contributed by atoms with Gasteiger partial charge in [0.25, 0.3) is 0 Å². The van der Waals surface area contributed by atoms with Crippen LogP contribution in [0.2, 0.25) is 0 Å². The third-order valence-electron chi connectivity index (χ3n) is 3.57. The summed E-state index contributed by atoms with van der Waals surface area (Å²) < 4.78 is 5.72. The number of para-hydroxylation sites is 1. The molecule has 1 unspecified atom stereocenters. The Balaban J connectivity index is 1.79. The predicted molar refractivity (Wildman–Crippen MR) is 94.0 cm³/mol. The van der Waals surface area contributed by atoms with Crippen LogP contribution in [-0.2, 0) is 4.79 Å². The minimum Gasteiger partial charge on any atom is -0.457 e.